The molecule has 1 atom stereocenters. The highest BCUT2D eigenvalue weighted by Crippen LogP contribution is 2.25. The van der Waals surface area contributed by atoms with Crippen LogP contribution in [0.1, 0.15) is 16.1 Å². The lowest BCUT2D eigenvalue weighted by Gasteiger charge is -2.23. The molecule has 0 saturated carbocycles. The molecule has 0 radical (unpaired) electrons. The number of thioether (sulfide) groups is 1. The first-order valence-corrected chi connectivity index (χ1v) is 11.2. The van der Waals surface area contributed by atoms with Crippen molar-refractivity contribution in [2.45, 2.75) is 12.6 Å². The van der Waals surface area contributed by atoms with Crippen molar-refractivity contribution >= 4 is 34.9 Å². The molecular weight excluding hydrogens is 428 g/mol. The van der Waals surface area contributed by atoms with Crippen molar-refractivity contribution in [3.63, 3.8) is 0 Å². The van der Waals surface area contributed by atoms with Gasteiger partial charge in [0, 0.05) is 22.3 Å². The van der Waals surface area contributed by atoms with Crippen molar-refractivity contribution in [2.24, 2.45) is 0 Å². The molecule has 1 N–H and O–H groups in total. The predicted molar refractivity (Wildman–Crippen MR) is 113 cm³/mol. The molecule has 1 aliphatic heterocycles. The number of carbonyl (C=O) groups is 2. The van der Waals surface area contributed by atoms with Crippen LogP contribution >= 0.6 is 23.1 Å². The Bertz CT molecular complexity index is 1080. The van der Waals surface area contributed by atoms with Crippen molar-refractivity contribution in [1.82, 2.24) is 15.2 Å². The molecule has 1 unspecified atom stereocenters. The smallest absolute Gasteiger partial charge is 0.255 e. The van der Waals surface area contributed by atoms with E-state index in [1.807, 2.05) is 35.7 Å². The zero-order valence-corrected chi connectivity index (χ0v) is 17.3. The second kappa shape index (κ2) is 8.93. The van der Waals surface area contributed by atoms with Crippen molar-refractivity contribution in [3.8, 4) is 10.6 Å². The van der Waals surface area contributed by atoms with Crippen LogP contribution in [-0.4, -0.2) is 39.4 Å². The second-order valence-corrected chi connectivity index (χ2v) is 8.51. The summed E-state index contributed by atoms with van der Waals surface area (Å²) in [5.74, 6) is -2.16. The second-order valence-electron chi connectivity index (χ2n) is 6.65. The van der Waals surface area contributed by atoms with Crippen LogP contribution in [0.4, 0.5) is 8.78 Å². The van der Waals surface area contributed by atoms with E-state index >= 15 is 0 Å². The quantitative estimate of drug-likeness (QED) is 0.647. The summed E-state index contributed by atoms with van der Waals surface area (Å²) in [5.41, 5.74) is 1.76. The minimum atomic E-state index is -1.09. The van der Waals surface area contributed by atoms with Crippen molar-refractivity contribution < 1.29 is 18.4 Å². The third-order valence-electron chi connectivity index (χ3n) is 4.63. The Morgan fingerprint density at radius 3 is 2.70 bits per heavy atom. The van der Waals surface area contributed by atoms with Crippen LogP contribution in [0.15, 0.2) is 53.9 Å². The molecule has 2 heterocycles. The van der Waals surface area contributed by atoms with E-state index in [1.165, 1.54) is 34.1 Å². The van der Waals surface area contributed by atoms with Crippen LogP contribution in [-0.2, 0) is 11.3 Å². The number of carbonyl (C=O) groups excluding carboxylic acids is 2. The molecule has 1 aliphatic rings. The van der Waals surface area contributed by atoms with E-state index in [9.17, 15) is 18.4 Å². The van der Waals surface area contributed by atoms with Gasteiger partial charge in [-0.15, -0.1) is 23.1 Å². The summed E-state index contributed by atoms with van der Waals surface area (Å²) in [4.78, 5) is 31.3. The molecule has 30 heavy (non-hydrogen) atoms. The normalized spacial score (nSPS) is 15.9. The number of halogens is 2. The molecule has 2 aromatic carbocycles. The van der Waals surface area contributed by atoms with E-state index in [0.717, 1.165) is 28.4 Å². The number of hydrogen-bond donors (Lipinski definition) is 1. The SMILES string of the molecule is O=C(NCc1csc(-c2ccccc2)n1)C1CSCN1C(=O)c1ccc(F)c(F)c1. The van der Waals surface area contributed by atoms with Crippen molar-refractivity contribution in [2.75, 3.05) is 11.6 Å². The molecule has 2 amide bonds. The molecule has 3 aromatic rings. The van der Waals surface area contributed by atoms with E-state index in [4.69, 9.17) is 0 Å². The summed E-state index contributed by atoms with van der Waals surface area (Å²) in [6, 6.07) is 12.1. The van der Waals surface area contributed by atoms with Crippen LogP contribution in [0.25, 0.3) is 10.6 Å². The Kier molecular flexibility index (Phi) is 6.10. The first-order chi connectivity index (χ1) is 14.5. The number of nitrogens with zero attached hydrogens (tertiary/aromatic N) is 2. The highest BCUT2D eigenvalue weighted by Gasteiger charge is 2.35. The number of nitrogens with one attached hydrogen (secondary N) is 1. The molecule has 0 aliphatic carbocycles. The van der Waals surface area contributed by atoms with Crippen LogP contribution in [0.5, 0.6) is 0 Å². The van der Waals surface area contributed by atoms with E-state index in [1.54, 1.807) is 0 Å². The van der Waals surface area contributed by atoms with Gasteiger partial charge in [0.2, 0.25) is 5.91 Å². The Labute approximate surface area is 180 Å². The van der Waals surface area contributed by atoms with Gasteiger partial charge in [-0.3, -0.25) is 9.59 Å². The van der Waals surface area contributed by atoms with Gasteiger partial charge in [0.15, 0.2) is 11.6 Å². The minimum absolute atomic E-state index is 0.0150. The first kappa shape index (κ1) is 20.5. The third-order valence-corrected chi connectivity index (χ3v) is 6.58. The van der Waals surface area contributed by atoms with E-state index in [2.05, 4.69) is 10.3 Å². The van der Waals surface area contributed by atoms with E-state index in [-0.39, 0.29) is 18.0 Å². The van der Waals surface area contributed by atoms with Gasteiger partial charge in [0.25, 0.3) is 5.91 Å². The van der Waals surface area contributed by atoms with Gasteiger partial charge in [-0.25, -0.2) is 13.8 Å². The van der Waals surface area contributed by atoms with Crippen LogP contribution < -0.4 is 5.32 Å². The molecule has 1 saturated heterocycles. The lowest BCUT2D eigenvalue weighted by atomic mass is 10.1. The van der Waals surface area contributed by atoms with Gasteiger partial charge < -0.3 is 10.2 Å². The molecule has 9 heteroatoms. The Hall–Kier alpha value is -2.78. The van der Waals surface area contributed by atoms with Gasteiger partial charge in [-0.2, -0.15) is 0 Å². The minimum Gasteiger partial charge on any atom is -0.349 e. The highest BCUT2D eigenvalue weighted by molar-refractivity contribution is 7.99. The Balaban J connectivity index is 1.40. The zero-order chi connectivity index (χ0) is 21.1. The molecule has 0 bridgehead atoms. The molecular formula is C21H17F2N3O2S2. The lowest BCUT2D eigenvalue weighted by molar-refractivity contribution is -0.124. The van der Waals surface area contributed by atoms with E-state index in [0.29, 0.717) is 11.6 Å². The van der Waals surface area contributed by atoms with Crippen molar-refractivity contribution in [3.05, 3.63) is 76.8 Å². The maximum Gasteiger partial charge on any atom is 0.255 e. The summed E-state index contributed by atoms with van der Waals surface area (Å²) in [6.45, 7) is 0.247. The van der Waals surface area contributed by atoms with Crippen LogP contribution in [0.3, 0.4) is 0 Å². The number of thiazole rings is 1. The standard InChI is InChI=1S/C21H17F2N3O2S2/c22-16-7-6-14(8-17(16)23)21(28)26-12-29-11-18(26)19(27)24-9-15-10-30-20(25-15)13-4-2-1-3-5-13/h1-8,10,18H,9,11-12H2,(H,24,27). The summed E-state index contributed by atoms with van der Waals surface area (Å²) in [6.07, 6.45) is 0. The summed E-state index contributed by atoms with van der Waals surface area (Å²) in [5, 5.41) is 5.58. The fourth-order valence-electron chi connectivity index (χ4n) is 3.05. The van der Waals surface area contributed by atoms with Crippen molar-refractivity contribution in [1.29, 1.82) is 0 Å². The Morgan fingerprint density at radius 1 is 1.13 bits per heavy atom. The lowest BCUT2D eigenvalue weighted by Crippen LogP contribution is -2.47. The van der Waals surface area contributed by atoms with E-state index < -0.39 is 23.6 Å². The zero-order valence-electron chi connectivity index (χ0n) is 15.7. The molecule has 0 spiro atoms. The molecule has 4 rings (SSSR count). The largest absolute Gasteiger partial charge is 0.349 e. The fraction of sp³-hybridized carbons (Fsp3) is 0.190. The summed E-state index contributed by atoms with van der Waals surface area (Å²) >= 11 is 2.93. The number of hydrogen-bond acceptors (Lipinski definition) is 5. The third kappa shape index (κ3) is 4.36. The average Bonchev–Trinajstić information content (AvgIpc) is 3.44. The maximum absolute atomic E-state index is 13.5. The topological polar surface area (TPSA) is 62.3 Å². The predicted octanol–water partition coefficient (Wildman–Crippen LogP) is 3.92. The molecule has 5 nitrogen and oxygen atoms in total. The average molecular weight is 446 g/mol. The molecule has 154 valence electrons. The molecule has 1 fully saturated rings. The molecule has 1 aromatic heterocycles. The van der Waals surface area contributed by atoms with Crippen LogP contribution in [0, 0.1) is 11.6 Å². The Morgan fingerprint density at radius 2 is 1.93 bits per heavy atom. The van der Waals surface area contributed by atoms with Gasteiger partial charge >= 0.3 is 0 Å². The fourth-order valence-corrected chi connectivity index (χ4v) is 5.03. The monoisotopic (exact) mass is 445 g/mol. The number of benzene rings is 2. The first-order valence-electron chi connectivity index (χ1n) is 9.14. The van der Waals surface area contributed by atoms with Crippen LogP contribution in [0.2, 0.25) is 0 Å². The summed E-state index contributed by atoms with van der Waals surface area (Å²) in [7, 11) is 0. The number of amides is 2. The number of rotatable bonds is 5. The van der Waals surface area contributed by atoms with Gasteiger partial charge in [-0.1, -0.05) is 30.3 Å². The van der Waals surface area contributed by atoms with Gasteiger partial charge in [0.05, 0.1) is 18.1 Å². The summed E-state index contributed by atoms with van der Waals surface area (Å²) < 4.78 is 26.6. The van der Waals surface area contributed by atoms with Gasteiger partial charge in [-0.05, 0) is 18.2 Å². The maximum atomic E-state index is 13.5. The van der Waals surface area contributed by atoms with Gasteiger partial charge in [0.1, 0.15) is 11.0 Å². The highest BCUT2D eigenvalue weighted by atomic mass is 32.2. The number of aromatic nitrogens is 1.